The monoisotopic (exact) mass is 283 g/mol. The van der Waals surface area contributed by atoms with Gasteiger partial charge in [0.15, 0.2) is 5.15 Å². The molecule has 0 aromatic carbocycles. The molecule has 0 aliphatic rings. The maximum Gasteiger partial charge on any atom is 0.204 e. The van der Waals surface area contributed by atoms with Crippen LogP contribution >= 0.6 is 23.2 Å². The highest BCUT2D eigenvalue weighted by Crippen LogP contribution is 2.18. The van der Waals surface area contributed by atoms with E-state index < -0.39 is 10.8 Å². The summed E-state index contributed by atoms with van der Waals surface area (Å²) in [4.78, 5) is 3.94. The third-order valence-corrected chi connectivity index (χ3v) is 4.34. The predicted octanol–water partition coefficient (Wildman–Crippen LogP) is 1.58. The highest BCUT2D eigenvalue weighted by Gasteiger charge is 2.12. The van der Waals surface area contributed by atoms with E-state index in [-0.39, 0.29) is 5.25 Å². The molecule has 16 heavy (non-hydrogen) atoms. The summed E-state index contributed by atoms with van der Waals surface area (Å²) in [6.07, 6.45) is 1.69. The van der Waals surface area contributed by atoms with Crippen LogP contribution in [-0.2, 0) is 24.4 Å². The van der Waals surface area contributed by atoms with Crippen molar-refractivity contribution in [2.75, 3.05) is 12.8 Å². The molecule has 4 nitrogen and oxygen atoms in total. The van der Waals surface area contributed by atoms with Crippen molar-refractivity contribution in [3.8, 4) is 0 Å². The zero-order valence-electron chi connectivity index (χ0n) is 9.46. The Morgan fingerprint density at radius 3 is 2.62 bits per heavy atom. The minimum atomic E-state index is -0.818. The molecule has 1 N–H and O–H groups in total. The molecule has 0 radical (unpaired) electrons. The molecular formula is C9H15Cl2N3OS. The van der Waals surface area contributed by atoms with E-state index in [0.29, 0.717) is 23.5 Å². The lowest BCUT2D eigenvalue weighted by Gasteiger charge is -2.10. The van der Waals surface area contributed by atoms with Gasteiger partial charge in [-0.25, -0.2) is 4.98 Å². The van der Waals surface area contributed by atoms with Crippen molar-refractivity contribution < 1.29 is 4.21 Å². The van der Waals surface area contributed by atoms with Crippen molar-refractivity contribution in [3.05, 3.63) is 16.1 Å². The first-order chi connectivity index (χ1) is 7.43. The zero-order chi connectivity index (χ0) is 12.3. The molecule has 2 atom stereocenters. The van der Waals surface area contributed by atoms with Crippen molar-refractivity contribution in [1.29, 1.82) is 0 Å². The first-order valence-corrected chi connectivity index (χ1v) is 7.20. The number of imidazole rings is 1. The van der Waals surface area contributed by atoms with Crippen molar-refractivity contribution in [3.63, 3.8) is 0 Å². The average molecular weight is 284 g/mol. The van der Waals surface area contributed by atoms with Gasteiger partial charge in [-0.15, -0.1) is 0 Å². The minimum Gasteiger partial charge on any atom is -0.319 e. The van der Waals surface area contributed by atoms with E-state index in [0.717, 1.165) is 5.69 Å². The quantitative estimate of drug-likeness (QED) is 0.893. The molecule has 1 aromatic rings. The fourth-order valence-corrected chi connectivity index (χ4v) is 2.03. The lowest BCUT2D eigenvalue weighted by Crippen LogP contribution is -2.27. The molecule has 0 spiro atoms. The van der Waals surface area contributed by atoms with Gasteiger partial charge in [0.05, 0.1) is 5.69 Å². The predicted molar refractivity (Wildman–Crippen MR) is 68.5 cm³/mol. The van der Waals surface area contributed by atoms with Crippen LogP contribution in [0.2, 0.25) is 10.4 Å². The van der Waals surface area contributed by atoms with Crippen LogP contribution in [-0.4, -0.2) is 31.8 Å². The Kier molecular flexibility index (Phi) is 5.24. The largest absolute Gasteiger partial charge is 0.319 e. The standard InChI is InChI=1S/C9H15Cl2N3OS/c1-6(16(3)15)4-12-5-7-8(10)13-9(11)14(7)2/h6,12H,4-5H2,1-3H3. The number of hydrogen-bond acceptors (Lipinski definition) is 3. The van der Waals surface area contributed by atoms with Crippen LogP contribution in [0.1, 0.15) is 12.6 Å². The van der Waals surface area contributed by atoms with Crippen molar-refractivity contribution >= 4 is 34.0 Å². The Morgan fingerprint density at radius 2 is 2.19 bits per heavy atom. The summed E-state index contributed by atoms with van der Waals surface area (Å²) < 4.78 is 12.9. The van der Waals surface area contributed by atoms with Gasteiger partial charge in [-0.2, -0.15) is 0 Å². The lowest BCUT2D eigenvalue weighted by atomic mass is 10.4. The van der Waals surface area contributed by atoms with Crippen LogP contribution in [0.3, 0.4) is 0 Å². The van der Waals surface area contributed by atoms with Crippen LogP contribution in [0.15, 0.2) is 0 Å². The third kappa shape index (κ3) is 3.45. The average Bonchev–Trinajstić information content (AvgIpc) is 2.44. The molecule has 7 heteroatoms. The van der Waals surface area contributed by atoms with Gasteiger partial charge in [-0.3, -0.25) is 4.21 Å². The van der Waals surface area contributed by atoms with Gasteiger partial charge >= 0.3 is 0 Å². The Morgan fingerprint density at radius 1 is 1.56 bits per heavy atom. The highest BCUT2D eigenvalue weighted by atomic mass is 35.5. The molecule has 92 valence electrons. The molecule has 0 saturated carbocycles. The van der Waals surface area contributed by atoms with E-state index >= 15 is 0 Å². The Hall–Kier alpha value is -0.100. The molecule has 1 aromatic heterocycles. The van der Waals surface area contributed by atoms with Crippen LogP contribution in [0.4, 0.5) is 0 Å². The molecular weight excluding hydrogens is 269 g/mol. The Labute approximate surface area is 108 Å². The first kappa shape index (κ1) is 14.0. The van der Waals surface area contributed by atoms with E-state index in [4.69, 9.17) is 23.2 Å². The smallest absolute Gasteiger partial charge is 0.204 e. The summed E-state index contributed by atoms with van der Waals surface area (Å²) in [5.41, 5.74) is 0.834. The van der Waals surface area contributed by atoms with E-state index in [2.05, 4.69) is 10.3 Å². The van der Waals surface area contributed by atoms with E-state index in [1.807, 2.05) is 6.92 Å². The number of nitrogens with one attached hydrogen (secondary N) is 1. The molecule has 0 aliphatic heterocycles. The summed E-state index contributed by atoms with van der Waals surface area (Å²) >= 11 is 11.7. The summed E-state index contributed by atoms with van der Waals surface area (Å²) in [5, 5.41) is 4.07. The SMILES string of the molecule is CC(CNCc1c(Cl)nc(Cl)n1C)S(C)=O. The van der Waals surface area contributed by atoms with Crippen molar-refractivity contribution in [2.45, 2.75) is 18.7 Å². The topological polar surface area (TPSA) is 46.9 Å². The van der Waals surface area contributed by atoms with E-state index in [9.17, 15) is 4.21 Å². The first-order valence-electron chi connectivity index (χ1n) is 4.83. The Balaban J connectivity index is 2.52. The van der Waals surface area contributed by atoms with Gasteiger partial charge in [0.1, 0.15) is 0 Å². The molecule has 0 fully saturated rings. The molecule has 0 aliphatic carbocycles. The summed E-state index contributed by atoms with van der Waals surface area (Å²) in [7, 11) is 0.988. The molecule has 1 rings (SSSR count). The maximum absolute atomic E-state index is 11.1. The third-order valence-electron chi connectivity index (χ3n) is 2.40. The van der Waals surface area contributed by atoms with Gasteiger partial charge in [0.2, 0.25) is 5.28 Å². The molecule has 0 amide bonds. The normalized spacial score (nSPS) is 15.1. The Bertz CT molecular complexity index is 394. The summed E-state index contributed by atoms with van der Waals surface area (Å²) in [6.45, 7) is 3.17. The van der Waals surface area contributed by atoms with Gasteiger partial charge in [0, 0.05) is 42.4 Å². The summed E-state index contributed by atoms with van der Waals surface area (Å²) in [6, 6.07) is 0. The number of aromatic nitrogens is 2. The molecule has 0 saturated heterocycles. The zero-order valence-corrected chi connectivity index (χ0v) is 11.8. The van der Waals surface area contributed by atoms with Crippen molar-refractivity contribution in [2.24, 2.45) is 7.05 Å². The fourth-order valence-electron chi connectivity index (χ4n) is 1.17. The second kappa shape index (κ2) is 6.00. The number of hydrogen-bond donors (Lipinski definition) is 1. The maximum atomic E-state index is 11.1. The van der Waals surface area contributed by atoms with Crippen LogP contribution in [0.5, 0.6) is 0 Å². The number of halogens is 2. The van der Waals surface area contributed by atoms with Gasteiger partial charge in [0.25, 0.3) is 0 Å². The van der Waals surface area contributed by atoms with Crippen LogP contribution in [0.25, 0.3) is 0 Å². The molecule has 0 bridgehead atoms. The fraction of sp³-hybridized carbons (Fsp3) is 0.667. The molecule has 1 heterocycles. The molecule has 2 unspecified atom stereocenters. The number of nitrogens with zero attached hydrogens (tertiary/aromatic N) is 2. The number of rotatable bonds is 5. The van der Waals surface area contributed by atoms with E-state index in [1.54, 1.807) is 17.9 Å². The van der Waals surface area contributed by atoms with Crippen molar-refractivity contribution in [1.82, 2.24) is 14.9 Å². The van der Waals surface area contributed by atoms with Gasteiger partial charge < -0.3 is 9.88 Å². The minimum absolute atomic E-state index is 0.113. The summed E-state index contributed by atoms with van der Waals surface area (Å²) in [5.74, 6) is 0. The van der Waals surface area contributed by atoms with Crippen LogP contribution < -0.4 is 5.32 Å². The van der Waals surface area contributed by atoms with Gasteiger partial charge in [-0.1, -0.05) is 11.6 Å². The van der Waals surface area contributed by atoms with E-state index in [1.165, 1.54) is 0 Å². The highest BCUT2D eigenvalue weighted by molar-refractivity contribution is 7.84. The van der Waals surface area contributed by atoms with Crippen LogP contribution in [0, 0.1) is 0 Å². The lowest BCUT2D eigenvalue weighted by molar-refractivity contribution is 0.631. The van der Waals surface area contributed by atoms with Gasteiger partial charge in [-0.05, 0) is 18.5 Å². The second-order valence-corrected chi connectivity index (χ2v) is 6.12. The second-order valence-electron chi connectivity index (χ2n) is 3.62.